The summed E-state index contributed by atoms with van der Waals surface area (Å²) < 4.78 is 13.7. The molecule has 0 aliphatic heterocycles. The Kier molecular flexibility index (Phi) is 4.67. The maximum Gasteiger partial charge on any atom is 0.179 e. The SMILES string of the molecule is CC[C@H]1C[C@@H](OCc2ccc(OC)cc2)C[C@H]1c1nnc2cnc3[nH]ccc3n12. The van der Waals surface area contributed by atoms with Gasteiger partial charge in [0.15, 0.2) is 11.3 Å². The number of ether oxygens (including phenoxy) is 2. The summed E-state index contributed by atoms with van der Waals surface area (Å²) in [6.07, 6.45) is 7.03. The largest absolute Gasteiger partial charge is 0.497 e. The van der Waals surface area contributed by atoms with Crippen molar-refractivity contribution in [2.75, 3.05) is 7.11 Å². The van der Waals surface area contributed by atoms with E-state index in [0.717, 1.165) is 53.2 Å². The molecule has 1 aromatic carbocycles. The van der Waals surface area contributed by atoms with Gasteiger partial charge in [-0.1, -0.05) is 25.5 Å². The van der Waals surface area contributed by atoms with Gasteiger partial charge in [-0.05, 0) is 42.5 Å². The number of benzene rings is 1. The molecule has 3 aromatic heterocycles. The smallest absolute Gasteiger partial charge is 0.179 e. The van der Waals surface area contributed by atoms with Gasteiger partial charge >= 0.3 is 0 Å². The van der Waals surface area contributed by atoms with Gasteiger partial charge in [-0.2, -0.15) is 0 Å². The average molecular weight is 391 g/mol. The van der Waals surface area contributed by atoms with Crippen molar-refractivity contribution in [3.8, 4) is 5.75 Å². The highest BCUT2D eigenvalue weighted by atomic mass is 16.5. The number of aromatic nitrogens is 5. The first-order valence-electron chi connectivity index (χ1n) is 10.2. The minimum atomic E-state index is 0.225. The molecule has 1 N–H and O–H groups in total. The van der Waals surface area contributed by atoms with Crippen LogP contribution in [-0.2, 0) is 11.3 Å². The predicted molar refractivity (Wildman–Crippen MR) is 110 cm³/mol. The number of nitrogens with zero attached hydrogens (tertiary/aromatic N) is 4. The predicted octanol–water partition coefficient (Wildman–Crippen LogP) is 4.10. The Morgan fingerprint density at radius 2 is 2.00 bits per heavy atom. The lowest BCUT2D eigenvalue weighted by atomic mass is 9.93. The molecule has 5 rings (SSSR count). The number of hydrogen-bond acceptors (Lipinski definition) is 5. The molecule has 0 spiro atoms. The maximum atomic E-state index is 6.29. The molecular weight excluding hydrogens is 366 g/mol. The highest BCUT2D eigenvalue weighted by molar-refractivity contribution is 5.74. The first-order valence-corrected chi connectivity index (χ1v) is 10.2. The maximum absolute atomic E-state index is 6.29. The van der Waals surface area contributed by atoms with E-state index in [1.807, 2.05) is 24.4 Å². The average Bonchev–Trinajstić information content (AvgIpc) is 3.48. The molecule has 0 amide bonds. The third-order valence-corrected chi connectivity index (χ3v) is 6.12. The van der Waals surface area contributed by atoms with E-state index in [2.05, 4.69) is 43.6 Å². The second kappa shape index (κ2) is 7.48. The molecule has 1 fully saturated rings. The molecular formula is C22H25N5O2. The van der Waals surface area contributed by atoms with Crippen molar-refractivity contribution >= 4 is 16.8 Å². The Balaban J connectivity index is 1.37. The van der Waals surface area contributed by atoms with Gasteiger partial charge in [-0.25, -0.2) is 4.98 Å². The quantitative estimate of drug-likeness (QED) is 0.535. The second-order valence-electron chi connectivity index (χ2n) is 7.75. The Bertz CT molecular complexity index is 1120. The van der Waals surface area contributed by atoms with Crippen LogP contribution in [0.2, 0.25) is 0 Å². The van der Waals surface area contributed by atoms with Crippen molar-refractivity contribution in [2.24, 2.45) is 5.92 Å². The van der Waals surface area contributed by atoms with Crippen molar-refractivity contribution in [3.05, 3.63) is 54.1 Å². The summed E-state index contributed by atoms with van der Waals surface area (Å²) in [6.45, 7) is 2.87. The van der Waals surface area contributed by atoms with Gasteiger partial charge in [-0.15, -0.1) is 10.2 Å². The third-order valence-electron chi connectivity index (χ3n) is 6.12. The van der Waals surface area contributed by atoms with Gasteiger partial charge in [0, 0.05) is 12.1 Å². The normalized spacial score (nSPS) is 21.9. The van der Waals surface area contributed by atoms with Crippen molar-refractivity contribution in [3.63, 3.8) is 0 Å². The van der Waals surface area contributed by atoms with Crippen LogP contribution in [0.3, 0.4) is 0 Å². The fraction of sp³-hybridized carbons (Fsp3) is 0.409. The van der Waals surface area contributed by atoms with Gasteiger partial charge < -0.3 is 14.5 Å². The number of aromatic amines is 1. The van der Waals surface area contributed by atoms with E-state index in [9.17, 15) is 0 Å². The van der Waals surface area contributed by atoms with Gasteiger partial charge in [0.25, 0.3) is 0 Å². The fourth-order valence-corrected chi connectivity index (χ4v) is 4.55. The summed E-state index contributed by atoms with van der Waals surface area (Å²) >= 11 is 0. The highest BCUT2D eigenvalue weighted by Crippen LogP contribution is 2.42. The molecule has 1 aliphatic carbocycles. The lowest BCUT2D eigenvalue weighted by Gasteiger charge is -2.15. The van der Waals surface area contributed by atoms with Crippen LogP contribution in [0.1, 0.15) is 43.5 Å². The molecule has 1 saturated carbocycles. The molecule has 0 unspecified atom stereocenters. The molecule has 3 heterocycles. The molecule has 1 aliphatic rings. The Morgan fingerprint density at radius 3 is 2.79 bits per heavy atom. The second-order valence-corrected chi connectivity index (χ2v) is 7.75. The van der Waals surface area contributed by atoms with Crippen LogP contribution in [0.15, 0.2) is 42.7 Å². The zero-order chi connectivity index (χ0) is 19.8. The Hall–Kier alpha value is -2.93. The van der Waals surface area contributed by atoms with Gasteiger partial charge in [0.1, 0.15) is 11.6 Å². The van der Waals surface area contributed by atoms with Crippen LogP contribution in [0.5, 0.6) is 5.75 Å². The number of methoxy groups -OCH3 is 1. The number of H-pyrrole nitrogens is 1. The van der Waals surface area contributed by atoms with Crippen LogP contribution in [0, 0.1) is 5.92 Å². The van der Waals surface area contributed by atoms with Gasteiger partial charge in [-0.3, -0.25) is 4.40 Å². The molecule has 150 valence electrons. The first kappa shape index (κ1) is 18.1. The van der Waals surface area contributed by atoms with E-state index in [1.165, 1.54) is 0 Å². The summed E-state index contributed by atoms with van der Waals surface area (Å²) in [5.41, 5.74) is 3.84. The minimum absolute atomic E-state index is 0.225. The van der Waals surface area contributed by atoms with Crippen molar-refractivity contribution in [1.82, 2.24) is 24.6 Å². The lowest BCUT2D eigenvalue weighted by molar-refractivity contribution is 0.0422. The summed E-state index contributed by atoms with van der Waals surface area (Å²) in [6, 6.07) is 10.1. The highest BCUT2D eigenvalue weighted by Gasteiger charge is 2.37. The summed E-state index contributed by atoms with van der Waals surface area (Å²) in [5.74, 6) is 2.75. The Morgan fingerprint density at radius 1 is 1.14 bits per heavy atom. The molecule has 4 aromatic rings. The number of nitrogens with one attached hydrogen (secondary N) is 1. The number of rotatable bonds is 6. The van der Waals surface area contributed by atoms with E-state index in [4.69, 9.17) is 9.47 Å². The fourth-order valence-electron chi connectivity index (χ4n) is 4.55. The third kappa shape index (κ3) is 3.25. The first-order chi connectivity index (χ1) is 14.3. The topological polar surface area (TPSA) is 77.3 Å². The molecule has 0 saturated heterocycles. The molecule has 7 nitrogen and oxygen atoms in total. The zero-order valence-corrected chi connectivity index (χ0v) is 16.7. The molecule has 7 heteroatoms. The van der Waals surface area contributed by atoms with Crippen LogP contribution in [0.25, 0.3) is 16.8 Å². The van der Waals surface area contributed by atoms with Crippen LogP contribution >= 0.6 is 0 Å². The van der Waals surface area contributed by atoms with Crippen LogP contribution < -0.4 is 4.74 Å². The summed E-state index contributed by atoms with van der Waals surface area (Å²) in [4.78, 5) is 7.61. The van der Waals surface area contributed by atoms with E-state index in [-0.39, 0.29) is 6.10 Å². The van der Waals surface area contributed by atoms with Gasteiger partial charge in [0.2, 0.25) is 0 Å². The lowest BCUT2D eigenvalue weighted by Crippen LogP contribution is -2.10. The zero-order valence-electron chi connectivity index (χ0n) is 16.7. The molecule has 3 atom stereocenters. The summed E-state index contributed by atoms with van der Waals surface area (Å²) in [5, 5.41) is 8.95. The minimum Gasteiger partial charge on any atom is -0.497 e. The van der Waals surface area contributed by atoms with Crippen molar-refractivity contribution in [2.45, 2.75) is 44.8 Å². The number of fused-ring (bicyclic) bond motifs is 3. The Labute approximate surface area is 169 Å². The van der Waals surface area contributed by atoms with E-state index in [0.29, 0.717) is 18.4 Å². The van der Waals surface area contributed by atoms with Crippen molar-refractivity contribution in [1.29, 1.82) is 0 Å². The van der Waals surface area contributed by atoms with E-state index < -0.39 is 0 Å². The van der Waals surface area contributed by atoms with Crippen LogP contribution in [0.4, 0.5) is 0 Å². The summed E-state index contributed by atoms with van der Waals surface area (Å²) in [7, 11) is 1.68. The van der Waals surface area contributed by atoms with E-state index >= 15 is 0 Å². The monoisotopic (exact) mass is 391 g/mol. The molecule has 29 heavy (non-hydrogen) atoms. The van der Waals surface area contributed by atoms with Crippen molar-refractivity contribution < 1.29 is 9.47 Å². The standard InChI is InChI=1S/C22H25N5O2/c1-3-15-10-17(29-13-14-4-6-16(28-2)7-5-14)11-18(15)22-26-25-20-12-24-21-19(27(20)22)8-9-23-21/h4-9,12,15,17-18,23H,3,10-11,13H2,1-2H3/t15-,17+,18+/m0/s1. The molecule has 0 radical (unpaired) electrons. The number of hydrogen-bond donors (Lipinski definition) is 1. The van der Waals surface area contributed by atoms with Gasteiger partial charge in [0.05, 0.1) is 31.5 Å². The van der Waals surface area contributed by atoms with E-state index in [1.54, 1.807) is 13.3 Å². The van der Waals surface area contributed by atoms with Crippen LogP contribution in [-0.4, -0.2) is 37.8 Å². The molecule has 0 bridgehead atoms.